The Hall–Kier alpha value is -0.480. The summed E-state index contributed by atoms with van der Waals surface area (Å²) in [5.74, 6) is -0.333. The first-order chi connectivity index (χ1) is 1.73. The van der Waals surface area contributed by atoms with Gasteiger partial charge in [-0.1, -0.05) is 0 Å². The second-order valence-corrected chi connectivity index (χ2v) is 0.455. The molecule has 0 aliphatic heterocycles. The summed E-state index contributed by atoms with van der Waals surface area (Å²) in [6.45, 7) is 0. The second-order valence-electron chi connectivity index (χ2n) is 0.455. The second kappa shape index (κ2) is 8.82. The van der Waals surface area contributed by atoms with Gasteiger partial charge in [-0.15, -0.1) is 12.4 Å². The molecule has 0 bridgehead atoms. The summed E-state index contributed by atoms with van der Waals surface area (Å²) in [5, 5.41) is 6.06. The van der Waals surface area contributed by atoms with Crippen molar-refractivity contribution < 1.29 is 0 Å². The summed E-state index contributed by atoms with van der Waals surface area (Å²) in [7, 11) is 0. The number of halogens is 1. The molecule has 4 nitrogen and oxygen atoms in total. The molecule has 0 amide bonds. The van der Waals surface area contributed by atoms with E-state index in [0.29, 0.717) is 0 Å². The molecule has 0 atom stereocenters. The maximum atomic E-state index is 6.06. The summed E-state index contributed by atoms with van der Waals surface area (Å²) in [6.07, 6.45) is 0. The topological polar surface area (TPSA) is 111 Å². The van der Waals surface area contributed by atoms with Crippen LogP contribution in [0.15, 0.2) is 0 Å². The van der Waals surface area contributed by atoms with E-state index in [2.05, 4.69) is 11.5 Å². The zero-order chi connectivity index (χ0) is 3.58. The van der Waals surface area contributed by atoms with Gasteiger partial charge in [-0.3, -0.25) is 5.41 Å². The highest BCUT2D eigenvalue weighted by atomic mass is 35.5. The monoisotopic (exact) mass is 112 g/mol. The lowest BCUT2D eigenvalue weighted by Crippen LogP contribution is -2.20. The van der Waals surface area contributed by atoms with Crippen molar-refractivity contribution in [3.8, 4) is 0 Å². The van der Waals surface area contributed by atoms with E-state index in [-0.39, 0.29) is 24.5 Å². The van der Waals surface area contributed by atoms with Crippen molar-refractivity contribution in [2.75, 3.05) is 0 Å². The molecular formula is CH9ClN4. The molecule has 0 spiro atoms. The lowest BCUT2D eigenvalue weighted by molar-refractivity contribution is 1.39. The first-order valence-electron chi connectivity index (χ1n) is 0.827. The Labute approximate surface area is 42.4 Å². The average molecular weight is 113 g/mol. The SMILES string of the molecule is Cl.N.N=C(N)N. The summed E-state index contributed by atoms with van der Waals surface area (Å²) < 4.78 is 0. The summed E-state index contributed by atoms with van der Waals surface area (Å²) in [4.78, 5) is 0. The Morgan fingerprint density at radius 1 is 1.33 bits per heavy atom. The van der Waals surface area contributed by atoms with Gasteiger partial charge in [-0.25, -0.2) is 0 Å². The third-order valence-electron chi connectivity index (χ3n) is 0. The van der Waals surface area contributed by atoms with Gasteiger partial charge >= 0.3 is 0 Å². The number of nitrogens with two attached hydrogens (primary N) is 2. The van der Waals surface area contributed by atoms with E-state index >= 15 is 0 Å². The smallest absolute Gasteiger partial charge is 0.183 e. The molecule has 0 heterocycles. The number of guanidine groups is 1. The minimum atomic E-state index is -0.333. The molecule has 0 aromatic rings. The van der Waals surface area contributed by atoms with Crippen LogP contribution in [0.25, 0.3) is 0 Å². The van der Waals surface area contributed by atoms with Gasteiger partial charge < -0.3 is 17.6 Å². The highest BCUT2D eigenvalue weighted by Gasteiger charge is 1.52. The molecule has 0 unspecified atom stereocenters. The fourth-order valence-electron chi connectivity index (χ4n) is 0. The largest absolute Gasteiger partial charge is 0.370 e. The van der Waals surface area contributed by atoms with Crippen LogP contribution in [0, 0.1) is 5.41 Å². The Morgan fingerprint density at radius 3 is 1.33 bits per heavy atom. The molecule has 0 aliphatic carbocycles. The predicted molar refractivity (Wildman–Crippen MR) is 28.4 cm³/mol. The van der Waals surface area contributed by atoms with Crippen molar-refractivity contribution in [3.63, 3.8) is 0 Å². The maximum absolute atomic E-state index is 6.06. The van der Waals surface area contributed by atoms with E-state index in [4.69, 9.17) is 5.41 Å². The van der Waals surface area contributed by atoms with Crippen LogP contribution in [0.3, 0.4) is 0 Å². The Morgan fingerprint density at radius 2 is 1.33 bits per heavy atom. The Kier molecular flexibility index (Phi) is 26.1. The predicted octanol–water partition coefficient (Wildman–Crippen LogP) is -0.578. The van der Waals surface area contributed by atoms with Crippen LogP contribution in [-0.2, 0) is 0 Å². The molecule has 0 radical (unpaired) electrons. The van der Waals surface area contributed by atoms with Crippen LogP contribution in [-0.4, -0.2) is 5.96 Å². The summed E-state index contributed by atoms with van der Waals surface area (Å²) in [5.41, 5.74) is 8.94. The van der Waals surface area contributed by atoms with Gasteiger partial charge in [0.05, 0.1) is 0 Å². The first kappa shape index (κ1) is 17.8. The van der Waals surface area contributed by atoms with E-state index < -0.39 is 0 Å². The summed E-state index contributed by atoms with van der Waals surface area (Å²) >= 11 is 0. The highest BCUT2D eigenvalue weighted by molar-refractivity contribution is 5.85. The van der Waals surface area contributed by atoms with Crippen LogP contribution >= 0.6 is 12.4 Å². The molecule has 0 rings (SSSR count). The van der Waals surface area contributed by atoms with Crippen LogP contribution in [0.5, 0.6) is 0 Å². The van der Waals surface area contributed by atoms with Gasteiger partial charge in [-0.2, -0.15) is 0 Å². The zero-order valence-corrected chi connectivity index (χ0v) is 4.09. The molecule has 0 saturated carbocycles. The third kappa shape index (κ3) is 97.0. The number of rotatable bonds is 0. The highest BCUT2D eigenvalue weighted by Crippen LogP contribution is 1.13. The van der Waals surface area contributed by atoms with E-state index in [0.717, 1.165) is 0 Å². The van der Waals surface area contributed by atoms with E-state index in [1.165, 1.54) is 0 Å². The van der Waals surface area contributed by atoms with Crippen LogP contribution in [0.2, 0.25) is 0 Å². The van der Waals surface area contributed by atoms with Crippen LogP contribution in [0.1, 0.15) is 0 Å². The van der Waals surface area contributed by atoms with Crippen molar-refractivity contribution in [2.45, 2.75) is 0 Å². The van der Waals surface area contributed by atoms with Gasteiger partial charge in [0.15, 0.2) is 5.96 Å². The quantitative estimate of drug-likeness (QED) is 0.249. The number of nitrogens with one attached hydrogen (secondary N) is 1. The minimum Gasteiger partial charge on any atom is -0.370 e. The molecule has 0 saturated heterocycles. The number of hydrogen-bond donors (Lipinski definition) is 4. The van der Waals surface area contributed by atoms with E-state index in [1.54, 1.807) is 0 Å². The van der Waals surface area contributed by atoms with Crippen molar-refractivity contribution in [1.29, 1.82) is 5.41 Å². The first-order valence-corrected chi connectivity index (χ1v) is 0.827. The standard InChI is InChI=1S/CH5N3.ClH.H3N/c2-1(3)4;;/h(H5,2,3,4);1H;1H3. The minimum absolute atomic E-state index is 0. The normalized spacial score (nSPS) is 4.00. The van der Waals surface area contributed by atoms with Gasteiger partial charge in [0.2, 0.25) is 0 Å². The van der Waals surface area contributed by atoms with Crippen molar-refractivity contribution >= 4 is 18.4 Å². The number of hydrogen-bond acceptors (Lipinski definition) is 2. The van der Waals surface area contributed by atoms with Crippen molar-refractivity contribution in [1.82, 2.24) is 6.15 Å². The Bertz CT molecular complexity index is 30.5. The molecule has 0 aromatic heterocycles. The van der Waals surface area contributed by atoms with Gasteiger partial charge in [0.1, 0.15) is 0 Å². The molecule has 0 aromatic carbocycles. The molecule has 0 aliphatic rings. The third-order valence-corrected chi connectivity index (χ3v) is 0. The molecule has 6 heavy (non-hydrogen) atoms. The van der Waals surface area contributed by atoms with Gasteiger partial charge in [-0.05, 0) is 0 Å². The zero-order valence-electron chi connectivity index (χ0n) is 3.27. The van der Waals surface area contributed by atoms with Gasteiger partial charge in [0.25, 0.3) is 0 Å². The van der Waals surface area contributed by atoms with E-state index in [1.807, 2.05) is 0 Å². The van der Waals surface area contributed by atoms with E-state index in [9.17, 15) is 0 Å². The maximum Gasteiger partial charge on any atom is 0.183 e. The fourth-order valence-corrected chi connectivity index (χ4v) is 0. The summed E-state index contributed by atoms with van der Waals surface area (Å²) in [6, 6.07) is 0. The molecular weight excluding hydrogens is 103 g/mol. The Balaban J connectivity index is -0.0000000450. The van der Waals surface area contributed by atoms with Crippen LogP contribution in [0.4, 0.5) is 0 Å². The lowest BCUT2D eigenvalue weighted by atomic mass is 11.1. The van der Waals surface area contributed by atoms with Crippen molar-refractivity contribution in [2.24, 2.45) is 11.5 Å². The van der Waals surface area contributed by atoms with Crippen LogP contribution < -0.4 is 17.6 Å². The molecule has 8 N–H and O–H groups in total. The van der Waals surface area contributed by atoms with Crippen molar-refractivity contribution in [3.05, 3.63) is 0 Å². The molecule has 40 valence electrons. The average Bonchev–Trinajstić information content (AvgIpc) is 0.811. The molecule has 0 fully saturated rings. The van der Waals surface area contributed by atoms with Gasteiger partial charge in [0, 0.05) is 0 Å². The fraction of sp³-hybridized carbons (Fsp3) is 0. The lowest BCUT2D eigenvalue weighted by Gasteiger charge is -1.69. The molecule has 5 heteroatoms.